The summed E-state index contributed by atoms with van der Waals surface area (Å²) in [5, 5.41) is 14.1. The van der Waals surface area contributed by atoms with Crippen LogP contribution in [0.4, 0.5) is 0 Å². The zero-order valence-corrected chi connectivity index (χ0v) is 22.1. The lowest BCUT2D eigenvalue weighted by atomic mass is 10.0. The maximum atomic E-state index is 13.2. The molecule has 0 saturated carbocycles. The molecule has 1 amide bonds. The van der Waals surface area contributed by atoms with E-state index < -0.39 is 17.9 Å². The number of nitrogens with one attached hydrogen (secondary N) is 1. The van der Waals surface area contributed by atoms with Crippen molar-refractivity contribution in [3.8, 4) is 16.9 Å². The molecular formula is C32H27ClN2O4. The molecule has 2 N–H and O–H groups in total. The summed E-state index contributed by atoms with van der Waals surface area (Å²) in [5.41, 5.74) is 5.09. The molecule has 5 aromatic rings. The molecule has 0 fully saturated rings. The number of benzene rings is 4. The van der Waals surface area contributed by atoms with E-state index in [4.69, 9.17) is 16.3 Å². The topological polar surface area (TPSA) is 80.6 Å². The Morgan fingerprint density at radius 2 is 1.56 bits per heavy atom. The van der Waals surface area contributed by atoms with Crippen LogP contribution in [0.15, 0.2) is 103 Å². The van der Waals surface area contributed by atoms with Crippen molar-refractivity contribution in [2.75, 3.05) is 0 Å². The Morgan fingerprint density at radius 1 is 0.872 bits per heavy atom. The van der Waals surface area contributed by atoms with Gasteiger partial charge in [-0.25, -0.2) is 4.79 Å². The van der Waals surface area contributed by atoms with Crippen LogP contribution < -0.4 is 10.1 Å². The molecule has 1 unspecified atom stereocenters. The van der Waals surface area contributed by atoms with E-state index in [1.54, 1.807) is 29.8 Å². The van der Waals surface area contributed by atoms with Gasteiger partial charge in [-0.1, -0.05) is 78.3 Å². The lowest BCUT2D eigenvalue weighted by molar-refractivity contribution is -0.139. The normalized spacial score (nSPS) is 11.7. The summed E-state index contributed by atoms with van der Waals surface area (Å²) in [6, 6.07) is 31.3. The summed E-state index contributed by atoms with van der Waals surface area (Å²) in [6.45, 7) is 0.445. The van der Waals surface area contributed by atoms with Crippen LogP contribution in [0.2, 0.25) is 5.02 Å². The van der Waals surface area contributed by atoms with Crippen LogP contribution in [0.25, 0.3) is 22.0 Å². The largest absolute Gasteiger partial charge is 0.489 e. The highest BCUT2D eigenvalue weighted by atomic mass is 35.5. The Morgan fingerprint density at radius 3 is 2.26 bits per heavy atom. The fourth-order valence-electron chi connectivity index (χ4n) is 4.50. The third-order valence-electron chi connectivity index (χ3n) is 6.67. The number of carboxylic acids is 1. The van der Waals surface area contributed by atoms with Gasteiger partial charge in [-0.15, -0.1) is 0 Å². The number of amides is 1. The van der Waals surface area contributed by atoms with Gasteiger partial charge < -0.3 is 19.7 Å². The van der Waals surface area contributed by atoms with Crippen LogP contribution in [0, 0.1) is 0 Å². The van der Waals surface area contributed by atoms with Crippen LogP contribution in [-0.4, -0.2) is 27.6 Å². The summed E-state index contributed by atoms with van der Waals surface area (Å²) in [6.07, 6.45) is 0.144. The second-order valence-electron chi connectivity index (χ2n) is 9.36. The van der Waals surface area contributed by atoms with Gasteiger partial charge >= 0.3 is 5.97 Å². The van der Waals surface area contributed by atoms with Gasteiger partial charge in [-0.3, -0.25) is 4.79 Å². The number of hydrogen-bond donors (Lipinski definition) is 2. The molecule has 0 saturated heterocycles. The van der Waals surface area contributed by atoms with E-state index in [1.165, 1.54) is 0 Å². The Kier molecular flexibility index (Phi) is 7.66. The molecule has 5 rings (SSSR count). The van der Waals surface area contributed by atoms with Gasteiger partial charge in [0.25, 0.3) is 5.91 Å². The zero-order chi connectivity index (χ0) is 27.4. The smallest absolute Gasteiger partial charge is 0.326 e. The molecule has 7 heteroatoms. The number of aryl methyl sites for hydroxylation is 1. The Balaban J connectivity index is 1.27. The highest BCUT2D eigenvalue weighted by Crippen LogP contribution is 2.27. The van der Waals surface area contributed by atoms with Crippen molar-refractivity contribution in [1.29, 1.82) is 0 Å². The van der Waals surface area contributed by atoms with Crippen LogP contribution in [0.1, 0.15) is 21.6 Å². The molecule has 0 aliphatic rings. The van der Waals surface area contributed by atoms with E-state index in [9.17, 15) is 14.7 Å². The molecule has 1 atom stereocenters. The predicted octanol–water partition coefficient (Wildman–Crippen LogP) is 6.50. The molecule has 6 nitrogen and oxygen atoms in total. The molecule has 0 bridgehead atoms. The molecule has 39 heavy (non-hydrogen) atoms. The zero-order valence-electron chi connectivity index (χ0n) is 21.3. The minimum atomic E-state index is -1.10. The maximum Gasteiger partial charge on any atom is 0.326 e. The lowest BCUT2D eigenvalue weighted by Gasteiger charge is -2.15. The fourth-order valence-corrected chi connectivity index (χ4v) is 4.63. The van der Waals surface area contributed by atoms with Crippen LogP contribution in [0.3, 0.4) is 0 Å². The molecular weight excluding hydrogens is 512 g/mol. The number of ether oxygens (including phenoxy) is 1. The number of aromatic nitrogens is 1. The highest BCUT2D eigenvalue weighted by molar-refractivity contribution is 6.30. The van der Waals surface area contributed by atoms with Gasteiger partial charge in [0.1, 0.15) is 24.1 Å². The summed E-state index contributed by atoms with van der Waals surface area (Å²) in [5.74, 6) is -0.861. The van der Waals surface area contributed by atoms with Gasteiger partial charge in [0.2, 0.25) is 0 Å². The number of carbonyl (C=O) groups is 2. The summed E-state index contributed by atoms with van der Waals surface area (Å²) in [4.78, 5) is 25.2. The molecule has 1 heterocycles. The number of aliphatic carboxylic acids is 1. The Bertz CT molecular complexity index is 1610. The van der Waals surface area contributed by atoms with Crippen molar-refractivity contribution in [3.63, 3.8) is 0 Å². The third kappa shape index (κ3) is 6.13. The van der Waals surface area contributed by atoms with Crippen LogP contribution in [-0.2, 0) is 24.9 Å². The first kappa shape index (κ1) is 26.1. The second-order valence-corrected chi connectivity index (χ2v) is 9.79. The van der Waals surface area contributed by atoms with Crippen molar-refractivity contribution >= 4 is 34.4 Å². The quantitative estimate of drug-likeness (QED) is 0.224. The first-order valence-electron chi connectivity index (χ1n) is 12.5. The highest BCUT2D eigenvalue weighted by Gasteiger charge is 2.23. The van der Waals surface area contributed by atoms with E-state index in [1.807, 2.05) is 84.9 Å². The monoisotopic (exact) mass is 538 g/mol. The van der Waals surface area contributed by atoms with Crippen LogP contribution in [0.5, 0.6) is 5.75 Å². The summed E-state index contributed by atoms with van der Waals surface area (Å²) < 4.78 is 7.59. The second kappa shape index (κ2) is 11.5. The lowest BCUT2D eigenvalue weighted by Crippen LogP contribution is -2.42. The van der Waals surface area contributed by atoms with Crippen LogP contribution >= 0.6 is 11.6 Å². The molecule has 0 spiro atoms. The van der Waals surface area contributed by atoms with Gasteiger partial charge in [0.15, 0.2) is 0 Å². The number of carbonyl (C=O) groups excluding carboxylic acids is 1. The third-order valence-corrected chi connectivity index (χ3v) is 6.92. The van der Waals surface area contributed by atoms with E-state index >= 15 is 0 Å². The van der Waals surface area contributed by atoms with Crippen molar-refractivity contribution in [2.24, 2.45) is 7.05 Å². The van der Waals surface area contributed by atoms with Crippen molar-refractivity contribution < 1.29 is 19.4 Å². The minimum Gasteiger partial charge on any atom is -0.489 e. The fraction of sp³-hybridized carbons (Fsp3) is 0.125. The van der Waals surface area contributed by atoms with Gasteiger partial charge in [-0.2, -0.15) is 0 Å². The molecule has 0 radical (unpaired) electrons. The minimum absolute atomic E-state index is 0.144. The first-order valence-corrected chi connectivity index (χ1v) is 12.9. The Hall–Kier alpha value is -4.55. The predicted molar refractivity (Wildman–Crippen MR) is 153 cm³/mol. The number of fused-ring (bicyclic) bond motifs is 1. The van der Waals surface area contributed by atoms with E-state index in [0.29, 0.717) is 23.1 Å². The number of carboxylic acid groups (broad SMARTS) is 1. The van der Waals surface area contributed by atoms with Gasteiger partial charge in [0, 0.05) is 29.4 Å². The average molecular weight is 539 g/mol. The van der Waals surface area contributed by atoms with Gasteiger partial charge in [0.05, 0.1) is 0 Å². The number of hydrogen-bond acceptors (Lipinski definition) is 3. The Labute approximate surface area is 231 Å². The number of rotatable bonds is 9. The molecule has 0 aliphatic carbocycles. The molecule has 0 aliphatic heterocycles. The summed E-state index contributed by atoms with van der Waals surface area (Å²) in [7, 11) is 1.80. The van der Waals surface area contributed by atoms with Crippen molar-refractivity contribution in [2.45, 2.75) is 19.1 Å². The standard InChI is InChI=1S/C32H27ClN2O4/c1-35-29-18-24(23-11-13-26(33)14-12-23)9-10-25(29)19-30(35)31(36)34-28(32(37)38)17-21-7-15-27(16-8-21)39-20-22-5-3-2-4-6-22/h2-16,18-19,28H,17,20H2,1H3,(H,34,36)(H,37,38). The van der Waals surface area contributed by atoms with Crippen molar-refractivity contribution in [3.05, 3.63) is 125 Å². The average Bonchev–Trinajstić information content (AvgIpc) is 3.29. The summed E-state index contributed by atoms with van der Waals surface area (Å²) >= 11 is 6.02. The van der Waals surface area contributed by atoms with Gasteiger partial charge in [-0.05, 0) is 58.7 Å². The molecule has 196 valence electrons. The maximum absolute atomic E-state index is 13.2. The van der Waals surface area contributed by atoms with E-state index in [-0.39, 0.29) is 6.42 Å². The van der Waals surface area contributed by atoms with E-state index in [2.05, 4.69) is 5.32 Å². The SMILES string of the molecule is Cn1c(C(=O)NC(Cc2ccc(OCc3ccccc3)cc2)C(=O)O)cc2ccc(-c3ccc(Cl)cc3)cc21. The van der Waals surface area contributed by atoms with E-state index in [0.717, 1.165) is 33.2 Å². The number of nitrogens with zero attached hydrogens (tertiary/aromatic N) is 1. The molecule has 4 aromatic carbocycles. The first-order chi connectivity index (χ1) is 18.9. The number of halogens is 1. The molecule has 1 aromatic heterocycles. The van der Waals surface area contributed by atoms with Crippen molar-refractivity contribution in [1.82, 2.24) is 9.88 Å².